The number of fused-ring (bicyclic) bond motifs is 2. The fourth-order valence-corrected chi connectivity index (χ4v) is 3.53. The molecule has 1 aliphatic rings. The highest BCUT2D eigenvalue weighted by Gasteiger charge is 2.27. The number of rotatable bonds is 2. The zero-order valence-electron chi connectivity index (χ0n) is 12.3. The highest BCUT2D eigenvalue weighted by atomic mass is 79.9. The molecular weight excluding hydrogens is 342 g/mol. The Kier molecular flexibility index (Phi) is 3.43. The largest absolute Gasteiger partial charge is 0.484 e. The number of ether oxygens (including phenoxy) is 1. The van der Waals surface area contributed by atoms with Gasteiger partial charge in [-0.15, -0.1) is 0 Å². The lowest BCUT2D eigenvalue weighted by molar-refractivity contribution is 0.121. The Morgan fingerprint density at radius 2 is 1.95 bits per heavy atom. The molecule has 0 saturated carbocycles. The van der Waals surface area contributed by atoms with E-state index in [1.54, 1.807) is 6.26 Å². The third-order valence-electron chi connectivity index (χ3n) is 4.12. The van der Waals surface area contributed by atoms with Crippen molar-refractivity contribution in [3.05, 3.63) is 64.5 Å². The summed E-state index contributed by atoms with van der Waals surface area (Å²) in [6.07, 6.45) is 1.75. The molecule has 112 valence electrons. The summed E-state index contributed by atoms with van der Waals surface area (Å²) < 4.78 is 13.0. The third kappa shape index (κ3) is 2.32. The summed E-state index contributed by atoms with van der Waals surface area (Å²) in [6.45, 7) is 1.69. The van der Waals surface area contributed by atoms with Gasteiger partial charge in [0.2, 0.25) is 0 Å². The number of furan rings is 1. The molecule has 0 spiro atoms. The maximum absolute atomic E-state index is 6.36. The van der Waals surface area contributed by atoms with Gasteiger partial charge in [0.25, 0.3) is 0 Å². The van der Waals surface area contributed by atoms with Crippen molar-refractivity contribution in [2.75, 3.05) is 13.6 Å². The van der Waals surface area contributed by atoms with Crippen LogP contribution >= 0.6 is 15.9 Å². The predicted octanol–water partition coefficient (Wildman–Crippen LogP) is 4.76. The molecule has 0 radical (unpaired) electrons. The van der Waals surface area contributed by atoms with Gasteiger partial charge in [0.05, 0.1) is 12.8 Å². The highest BCUT2D eigenvalue weighted by molar-refractivity contribution is 9.10. The molecule has 0 saturated heterocycles. The van der Waals surface area contributed by atoms with Crippen LogP contribution in [0.15, 0.2) is 57.6 Å². The van der Waals surface area contributed by atoms with Gasteiger partial charge in [0.1, 0.15) is 17.6 Å². The van der Waals surface area contributed by atoms with Gasteiger partial charge in [-0.2, -0.15) is 0 Å². The smallest absolute Gasteiger partial charge is 0.140 e. The first-order valence-corrected chi connectivity index (χ1v) is 8.10. The maximum Gasteiger partial charge on any atom is 0.140 e. The van der Waals surface area contributed by atoms with Crippen LogP contribution in [0.1, 0.15) is 17.4 Å². The molecule has 1 aliphatic heterocycles. The molecule has 0 aliphatic carbocycles. The first kappa shape index (κ1) is 13.9. The highest BCUT2D eigenvalue weighted by Crippen LogP contribution is 2.36. The third-order valence-corrected chi connectivity index (χ3v) is 4.81. The SMILES string of the molecule is CN1Cc2occc2C(Oc2ccc(Br)c3ccccc23)C1. The van der Waals surface area contributed by atoms with Crippen LogP contribution in [-0.4, -0.2) is 18.5 Å². The Morgan fingerprint density at radius 3 is 2.82 bits per heavy atom. The van der Waals surface area contributed by atoms with Crippen LogP contribution in [0.3, 0.4) is 0 Å². The molecule has 4 heteroatoms. The summed E-state index contributed by atoms with van der Waals surface area (Å²) in [7, 11) is 2.08. The maximum atomic E-state index is 6.36. The Hall–Kier alpha value is -1.78. The molecule has 1 unspecified atom stereocenters. The van der Waals surface area contributed by atoms with Crippen LogP contribution < -0.4 is 4.74 Å². The van der Waals surface area contributed by atoms with Crippen molar-refractivity contribution in [1.29, 1.82) is 0 Å². The van der Waals surface area contributed by atoms with Crippen LogP contribution in [0, 0.1) is 0 Å². The molecule has 22 heavy (non-hydrogen) atoms. The van der Waals surface area contributed by atoms with E-state index in [4.69, 9.17) is 9.15 Å². The minimum absolute atomic E-state index is 0.00270. The first-order valence-electron chi connectivity index (χ1n) is 7.31. The fourth-order valence-electron chi connectivity index (χ4n) is 3.05. The van der Waals surface area contributed by atoms with E-state index in [2.05, 4.69) is 40.0 Å². The average Bonchev–Trinajstić information content (AvgIpc) is 2.98. The number of likely N-dealkylation sites (N-methyl/N-ethyl adjacent to an activating group) is 1. The molecule has 2 heterocycles. The predicted molar refractivity (Wildman–Crippen MR) is 90.1 cm³/mol. The summed E-state index contributed by atoms with van der Waals surface area (Å²) in [5.41, 5.74) is 1.16. The topological polar surface area (TPSA) is 25.6 Å². The van der Waals surface area contributed by atoms with Gasteiger partial charge >= 0.3 is 0 Å². The number of halogens is 1. The average molecular weight is 358 g/mol. The van der Waals surface area contributed by atoms with Gasteiger partial charge in [-0.1, -0.05) is 40.2 Å². The standard InChI is InChI=1S/C18H16BrNO2/c1-20-10-17-14(8-9-21-17)18(11-20)22-16-7-6-15(19)12-4-2-3-5-13(12)16/h2-9,18H,10-11H2,1H3. The monoisotopic (exact) mass is 357 g/mol. The molecule has 1 atom stereocenters. The van der Waals surface area contributed by atoms with E-state index < -0.39 is 0 Å². The summed E-state index contributed by atoms with van der Waals surface area (Å²) in [5, 5.41) is 2.28. The molecular formula is C18H16BrNO2. The number of hydrogen-bond acceptors (Lipinski definition) is 3. The molecule has 0 fully saturated rings. The lowest BCUT2D eigenvalue weighted by atomic mass is 10.0. The molecule has 4 rings (SSSR count). The fraction of sp³-hybridized carbons (Fsp3) is 0.222. The Labute approximate surface area is 137 Å². The van der Waals surface area contributed by atoms with E-state index >= 15 is 0 Å². The van der Waals surface area contributed by atoms with Gasteiger partial charge in [-0.3, -0.25) is 4.90 Å². The van der Waals surface area contributed by atoms with Crippen molar-refractivity contribution in [2.24, 2.45) is 0 Å². The zero-order valence-corrected chi connectivity index (χ0v) is 13.8. The van der Waals surface area contributed by atoms with Crippen LogP contribution in [0.4, 0.5) is 0 Å². The van der Waals surface area contributed by atoms with Crippen LogP contribution in [0.2, 0.25) is 0 Å². The van der Waals surface area contributed by atoms with E-state index in [-0.39, 0.29) is 6.10 Å². The summed E-state index contributed by atoms with van der Waals surface area (Å²) >= 11 is 3.61. The summed E-state index contributed by atoms with van der Waals surface area (Å²) in [5.74, 6) is 1.91. The molecule has 3 nitrogen and oxygen atoms in total. The molecule has 0 amide bonds. The first-order chi connectivity index (χ1) is 10.7. The van der Waals surface area contributed by atoms with Crippen LogP contribution in [-0.2, 0) is 6.54 Å². The minimum Gasteiger partial charge on any atom is -0.484 e. The molecule has 0 bridgehead atoms. The van der Waals surface area contributed by atoms with Gasteiger partial charge in [-0.25, -0.2) is 0 Å². The lowest BCUT2D eigenvalue weighted by Gasteiger charge is -2.29. The molecule has 3 aromatic rings. The van der Waals surface area contributed by atoms with Crippen molar-refractivity contribution in [2.45, 2.75) is 12.6 Å². The van der Waals surface area contributed by atoms with Gasteiger partial charge in [0, 0.05) is 22.0 Å². The van der Waals surface area contributed by atoms with E-state index in [1.165, 1.54) is 0 Å². The second-order valence-corrected chi connectivity index (χ2v) is 6.55. The van der Waals surface area contributed by atoms with E-state index in [0.717, 1.165) is 45.4 Å². The van der Waals surface area contributed by atoms with E-state index in [1.807, 2.05) is 30.3 Å². The van der Waals surface area contributed by atoms with Gasteiger partial charge in [-0.05, 0) is 30.6 Å². The number of benzene rings is 2. The molecule has 0 N–H and O–H groups in total. The normalized spacial score (nSPS) is 18.4. The van der Waals surface area contributed by atoms with Crippen molar-refractivity contribution >= 4 is 26.7 Å². The van der Waals surface area contributed by atoms with Crippen molar-refractivity contribution in [1.82, 2.24) is 4.90 Å². The number of nitrogens with zero attached hydrogens (tertiary/aromatic N) is 1. The Bertz CT molecular complexity index is 827. The lowest BCUT2D eigenvalue weighted by Crippen LogP contribution is -2.32. The van der Waals surface area contributed by atoms with E-state index in [9.17, 15) is 0 Å². The second-order valence-electron chi connectivity index (χ2n) is 5.69. The Balaban J connectivity index is 1.75. The quantitative estimate of drug-likeness (QED) is 0.661. The molecule has 1 aromatic heterocycles. The second kappa shape index (κ2) is 5.45. The minimum atomic E-state index is -0.00270. The molecule has 2 aromatic carbocycles. The van der Waals surface area contributed by atoms with Crippen molar-refractivity contribution in [3.8, 4) is 5.75 Å². The summed E-state index contributed by atoms with van der Waals surface area (Å²) in [6, 6.07) is 14.4. The van der Waals surface area contributed by atoms with Gasteiger partial charge in [0.15, 0.2) is 0 Å². The van der Waals surface area contributed by atoms with Crippen LogP contribution in [0.25, 0.3) is 10.8 Å². The van der Waals surface area contributed by atoms with Gasteiger partial charge < -0.3 is 9.15 Å². The number of hydrogen-bond donors (Lipinski definition) is 0. The van der Waals surface area contributed by atoms with Crippen molar-refractivity contribution in [3.63, 3.8) is 0 Å². The van der Waals surface area contributed by atoms with Crippen molar-refractivity contribution < 1.29 is 9.15 Å². The Morgan fingerprint density at radius 1 is 1.14 bits per heavy atom. The van der Waals surface area contributed by atoms with E-state index in [0.29, 0.717) is 0 Å². The zero-order chi connectivity index (χ0) is 15.1. The van der Waals surface area contributed by atoms with Crippen LogP contribution in [0.5, 0.6) is 5.75 Å². The summed E-state index contributed by atoms with van der Waals surface area (Å²) in [4.78, 5) is 2.22.